The van der Waals surface area contributed by atoms with Crippen molar-refractivity contribution >= 4 is 29.9 Å². The van der Waals surface area contributed by atoms with Crippen molar-refractivity contribution in [1.29, 1.82) is 0 Å². The van der Waals surface area contributed by atoms with Crippen molar-refractivity contribution in [3.05, 3.63) is 54.4 Å². The molecule has 1 fully saturated rings. The summed E-state index contributed by atoms with van der Waals surface area (Å²) in [6, 6.07) is 12.3. The van der Waals surface area contributed by atoms with E-state index >= 15 is 0 Å². The van der Waals surface area contributed by atoms with E-state index < -0.39 is 0 Å². The van der Waals surface area contributed by atoms with Crippen LogP contribution in [0.2, 0.25) is 0 Å². The Kier molecular flexibility index (Phi) is 8.11. The SMILES string of the molecule is CN=C(NCCn1cccc1)NCc1ccccc1OC1CCC1.I. The summed E-state index contributed by atoms with van der Waals surface area (Å²) in [5, 5.41) is 6.70. The fraction of sp³-hybridized carbons (Fsp3) is 0.421. The van der Waals surface area contributed by atoms with Crippen LogP contribution in [0.15, 0.2) is 53.8 Å². The minimum Gasteiger partial charge on any atom is -0.490 e. The number of nitrogens with zero attached hydrogens (tertiary/aromatic N) is 2. The summed E-state index contributed by atoms with van der Waals surface area (Å²) in [7, 11) is 1.79. The van der Waals surface area contributed by atoms with E-state index in [0.717, 1.165) is 30.4 Å². The van der Waals surface area contributed by atoms with Crippen molar-refractivity contribution in [2.75, 3.05) is 13.6 Å². The van der Waals surface area contributed by atoms with Crippen LogP contribution in [0, 0.1) is 0 Å². The van der Waals surface area contributed by atoms with Gasteiger partial charge in [-0.15, -0.1) is 24.0 Å². The van der Waals surface area contributed by atoms with E-state index in [1.807, 2.05) is 24.3 Å². The highest BCUT2D eigenvalue weighted by Crippen LogP contribution is 2.27. The lowest BCUT2D eigenvalue weighted by Gasteiger charge is -2.27. The molecule has 0 spiro atoms. The zero-order chi connectivity index (χ0) is 16.6. The number of benzene rings is 1. The number of para-hydroxylation sites is 1. The molecule has 25 heavy (non-hydrogen) atoms. The number of rotatable bonds is 7. The average molecular weight is 454 g/mol. The van der Waals surface area contributed by atoms with Gasteiger partial charge in [0.15, 0.2) is 5.96 Å². The van der Waals surface area contributed by atoms with Gasteiger partial charge in [-0.25, -0.2) is 0 Å². The smallest absolute Gasteiger partial charge is 0.191 e. The lowest BCUT2D eigenvalue weighted by Crippen LogP contribution is -2.38. The maximum absolute atomic E-state index is 6.07. The summed E-state index contributed by atoms with van der Waals surface area (Å²) in [6.45, 7) is 2.44. The number of aliphatic imine (C=N–C) groups is 1. The van der Waals surface area contributed by atoms with Crippen LogP contribution in [0.25, 0.3) is 0 Å². The van der Waals surface area contributed by atoms with Gasteiger partial charge < -0.3 is 19.9 Å². The maximum Gasteiger partial charge on any atom is 0.191 e. The Bertz CT molecular complexity index is 653. The zero-order valence-corrected chi connectivity index (χ0v) is 17.0. The van der Waals surface area contributed by atoms with Crippen LogP contribution in [-0.2, 0) is 13.1 Å². The molecule has 0 aliphatic heterocycles. The molecule has 0 saturated heterocycles. The zero-order valence-electron chi connectivity index (χ0n) is 14.6. The van der Waals surface area contributed by atoms with Gasteiger partial charge in [0.05, 0.1) is 6.10 Å². The van der Waals surface area contributed by atoms with Crippen molar-refractivity contribution in [3.63, 3.8) is 0 Å². The van der Waals surface area contributed by atoms with Crippen LogP contribution >= 0.6 is 24.0 Å². The van der Waals surface area contributed by atoms with Gasteiger partial charge in [0.25, 0.3) is 0 Å². The summed E-state index contributed by atoms with van der Waals surface area (Å²) in [5.41, 5.74) is 1.16. The van der Waals surface area contributed by atoms with Crippen molar-refractivity contribution < 1.29 is 4.74 Å². The molecular formula is C19H27IN4O. The molecule has 0 amide bonds. The third kappa shape index (κ3) is 5.95. The molecule has 1 aliphatic carbocycles. The van der Waals surface area contributed by atoms with Crippen molar-refractivity contribution in [1.82, 2.24) is 15.2 Å². The molecule has 2 aromatic rings. The third-order valence-corrected chi connectivity index (χ3v) is 4.32. The largest absolute Gasteiger partial charge is 0.490 e. The molecule has 1 saturated carbocycles. The lowest BCUT2D eigenvalue weighted by atomic mass is 9.96. The molecule has 1 aromatic heterocycles. The van der Waals surface area contributed by atoms with E-state index in [4.69, 9.17) is 4.74 Å². The Morgan fingerprint density at radius 1 is 1.16 bits per heavy atom. The van der Waals surface area contributed by atoms with Crippen LogP contribution in [0.1, 0.15) is 24.8 Å². The maximum atomic E-state index is 6.07. The van der Waals surface area contributed by atoms with Crippen LogP contribution in [0.3, 0.4) is 0 Å². The first kappa shape index (κ1) is 19.6. The lowest BCUT2D eigenvalue weighted by molar-refractivity contribution is 0.119. The third-order valence-electron chi connectivity index (χ3n) is 4.32. The van der Waals surface area contributed by atoms with E-state index in [2.05, 4.69) is 44.7 Å². The Balaban J connectivity index is 0.00000225. The second kappa shape index (κ2) is 10.3. The highest BCUT2D eigenvalue weighted by atomic mass is 127. The van der Waals surface area contributed by atoms with Gasteiger partial charge in [-0.3, -0.25) is 4.99 Å². The molecule has 5 nitrogen and oxygen atoms in total. The van der Waals surface area contributed by atoms with Crippen LogP contribution < -0.4 is 15.4 Å². The minimum absolute atomic E-state index is 0. The van der Waals surface area contributed by atoms with Gasteiger partial charge in [-0.05, 0) is 37.5 Å². The number of guanidine groups is 1. The number of hydrogen-bond acceptors (Lipinski definition) is 2. The summed E-state index contributed by atoms with van der Waals surface area (Å²) < 4.78 is 8.21. The first-order chi connectivity index (χ1) is 11.8. The summed E-state index contributed by atoms with van der Waals surface area (Å²) in [5.74, 6) is 1.79. The van der Waals surface area contributed by atoms with Crippen LogP contribution in [0.4, 0.5) is 0 Å². The Hall–Kier alpha value is -1.70. The first-order valence-corrected chi connectivity index (χ1v) is 8.65. The standard InChI is InChI=1S/C19H26N4O.HI/c1-20-19(21-11-14-23-12-4-5-13-23)22-15-16-7-2-3-10-18(16)24-17-8-6-9-17;/h2-5,7,10,12-13,17H,6,8-9,11,14-15H2,1H3,(H2,20,21,22);1H. The molecule has 136 valence electrons. The Morgan fingerprint density at radius 2 is 1.92 bits per heavy atom. The molecule has 0 bridgehead atoms. The Labute approximate surface area is 166 Å². The fourth-order valence-electron chi connectivity index (χ4n) is 2.66. The number of halogens is 1. The molecule has 6 heteroatoms. The molecule has 2 N–H and O–H groups in total. The van der Waals surface area contributed by atoms with Gasteiger partial charge in [-0.2, -0.15) is 0 Å². The van der Waals surface area contributed by atoms with Gasteiger partial charge in [0.2, 0.25) is 0 Å². The average Bonchev–Trinajstić information content (AvgIpc) is 3.08. The molecule has 1 aromatic carbocycles. The molecule has 3 rings (SSSR count). The predicted molar refractivity (Wildman–Crippen MR) is 113 cm³/mol. The minimum atomic E-state index is 0. The number of ether oxygens (including phenoxy) is 1. The number of aromatic nitrogens is 1. The molecule has 0 atom stereocenters. The van der Waals surface area contributed by atoms with E-state index in [0.29, 0.717) is 12.6 Å². The summed E-state index contributed by atoms with van der Waals surface area (Å²) in [4.78, 5) is 4.28. The van der Waals surface area contributed by atoms with Crippen molar-refractivity contribution in [2.45, 2.75) is 38.5 Å². The quantitative estimate of drug-likeness (QED) is 0.383. The van der Waals surface area contributed by atoms with Crippen LogP contribution in [-0.4, -0.2) is 30.2 Å². The second-order valence-electron chi connectivity index (χ2n) is 6.05. The van der Waals surface area contributed by atoms with Gasteiger partial charge in [0, 0.05) is 44.6 Å². The predicted octanol–water partition coefficient (Wildman–Crippen LogP) is 3.40. The highest BCUT2D eigenvalue weighted by molar-refractivity contribution is 14.0. The Morgan fingerprint density at radius 3 is 2.60 bits per heavy atom. The molecule has 0 unspecified atom stereocenters. The van der Waals surface area contributed by atoms with Gasteiger partial charge >= 0.3 is 0 Å². The molecule has 1 aliphatic rings. The number of hydrogen-bond donors (Lipinski definition) is 2. The van der Waals surface area contributed by atoms with E-state index in [-0.39, 0.29) is 24.0 Å². The molecular weight excluding hydrogens is 427 g/mol. The second-order valence-corrected chi connectivity index (χ2v) is 6.05. The molecule has 0 radical (unpaired) electrons. The van der Waals surface area contributed by atoms with Gasteiger partial charge in [0.1, 0.15) is 5.75 Å². The summed E-state index contributed by atoms with van der Waals surface area (Å²) in [6.07, 6.45) is 8.14. The van der Waals surface area contributed by atoms with Gasteiger partial charge in [-0.1, -0.05) is 18.2 Å². The molecule has 1 heterocycles. The normalized spacial score (nSPS) is 14.4. The summed E-state index contributed by atoms with van der Waals surface area (Å²) >= 11 is 0. The number of nitrogens with one attached hydrogen (secondary N) is 2. The first-order valence-electron chi connectivity index (χ1n) is 8.65. The van der Waals surface area contributed by atoms with E-state index in [1.54, 1.807) is 7.05 Å². The topological polar surface area (TPSA) is 50.6 Å². The highest BCUT2D eigenvalue weighted by Gasteiger charge is 2.20. The van der Waals surface area contributed by atoms with Crippen molar-refractivity contribution in [2.24, 2.45) is 4.99 Å². The van der Waals surface area contributed by atoms with E-state index in [9.17, 15) is 0 Å². The van der Waals surface area contributed by atoms with Crippen molar-refractivity contribution in [3.8, 4) is 5.75 Å². The van der Waals surface area contributed by atoms with Crippen LogP contribution in [0.5, 0.6) is 5.75 Å². The fourth-order valence-corrected chi connectivity index (χ4v) is 2.66. The van der Waals surface area contributed by atoms with E-state index in [1.165, 1.54) is 19.3 Å². The monoisotopic (exact) mass is 454 g/mol.